The second-order valence-corrected chi connectivity index (χ2v) is 6.97. The summed E-state index contributed by atoms with van der Waals surface area (Å²) in [5, 5.41) is 0. The van der Waals surface area contributed by atoms with Crippen LogP contribution >= 0.6 is 0 Å². The zero-order chi connectivity index (χ0) is 20.8. The van der Waals surface area contributed by atoms with E-state index in [2.05, 4.69) is 9.97 Å². The lowest BCUT2D eigenvalue weighted by molar-refractivity contribution is -0.111. The molecule has 0 atom stereocenters. The molecule has 0 N–H and O–H groups in total. The van der Waals surface area contributed by atoms with Crippen molar-refractivity contribution in [2.75, 3.05) is 6.54 Å². The maximum atomic E-state index is 13.4. The first kappa shape index (κ1) is 19.2. The number of hydrogen-bond donors (Lipinski definition) is 0. The smallest absolute Gasteiger partial charge is 0.362 e. The summed E-state index contributed by atoms with van der Waals surface area (Å²) in [6.45, 7) is 4.05. The summed E-state index contributed by atoms with van der Waals surface area (Å²) in [6.07, 6.45) is 0.103. The summed E-state index contributed by atoms with van der Waals surface area (Å²) in [5.74, 6) is 0.555. The van der Waals surface area contributed by atoms with Crippen molar-refractivity contribution in [2.24, 2.45) is 7.05 Å². The number of pyridine rings is 2. The molecule has 150 valence electrons. The van der Waals surface area contributed by atoms with Gasteiger partial charge in [0.05, 0.1) is 23.6 Å². The standard InChI is InChI=1S/C21H20F3N5/c1-4-29-12-17-16(11-18(29)21(22,23)24)27-20(28(17)3)19-13(2)5-6-15(26-19)14-7-9-25-10-8-14/h5-11H,4,12H2,1-3H3. The fraction of sp³-hybridized carbons (Fsp3) is 0.286. The van der Waals surface area contributed by atoms with Gasteiger partial charge in [-0.25, -0.2) is 9.97 Å². The van der Waals surface area contributed by atoms with E-state index in [9.17, 15) is 13.2 Å². The van der Waals surface area contributed by atoms with E-state index in [1.165, 1.54) is 4.90 Å². The molecule has 0 aromatic carbocycles. The molecular formula is C21H20F3N5. The number of nitrogens with zero attached hydrogens (tertiary/aromatic N) is 5. The summed E-state index contributed by atoms with van der Waals surface area (Å²) in [6, 6.07) is 7.59. The summed E-state index contributed by atoms with van der Waals surface area (Å²) in [4.78, 5) is 14.6. The second kappa shape index (κ2) is 7.02. The Morgan fingerprint density at radius 3 is 2.45 bits per heavy atom. The first-order chi connectivity index (χ1) is 13.8. The number of alkyl halides is 3. The van der Waals surface area contributed by atoms with E-state index in [1.54, 1.807) is 19.3 Å². The molecule has 0 unspecified atom stereocenters. The number of fused-ring (bicyclic) bond motifs is 1. The highest BCUT2D eigenvalue weighted by Gasteiger charge is 2.40. The van der Waals surface area contributed by atoms with Crippen molar-refractivity contribution >= 4 is 6.08 Å². The van der Waals surface area contributed by atoms with Crippen molar-refractivity contribution < 1.29 is 13.2 Å². The Morgan fingerprint density at radius 2 is 1.79 bits per heavy atom. The molecule has 4 heterocycles. The van der Waals surface area contributed by atoms with Gasteiger partial charge in [-0.3, -0.25) is 4.98 Å². The highest BCUT2D eigenvalue weighted by atomic mass is 19.4. The van der Waals surface area contributed by atoms with E-state index >= 15 is 0 Å². The Bertz CT molecular complexity index is 1080. The van der Waals surface area contributed by atoms with Crippen LogP contribution < -0.4 is 0 Å². The van der Waals surface area contributed by atoms with Crippen LogP contribution in [0.5, 0.6) is 0 Å². The molecule has 0 fully saturated rings. The summed E-state index contributed by atoms with van der Waals surface area (Å²) >= 11 is 0. The molecule has 1 aliphatic rings. The first-order valence-electron chi connectivity index (χ1n) is 9.27. The molecule has 4 rings (SSSR count). The minimum Gasteiger partial charge on any atom is -0.362 e. The van der Waals surface area contributed by atoms with Crippen molar-refractivity contribution in [3.8, 4) is 22.8 Å². The number of aromatic nitrogens is 4. The lowest BCUT2D eigenvalue weighted by Gasteiger charge is -2.30. The molecule has 0 bridgehead atoms. The van der Waals surface area contributed by atoms with Crippen molar-refractivity contribution in [2.45, 2.75) is 26.6 Å². The van der Waals surface area contributed by atoms with Gasteiger partial charge in [-0.1, -0.05) is 6.07 Å². The Morgan fingerprint density at radius 1 is 1.07 bits per heavy atom. The molecule has 0 aliphatic carbocycles. The van der Waals surface area contributed by atoms with Crippen LogP contribution in [0.4, 0.5) is 13.2 Å². The van der Waals surface area contributed by atoms with Crippen LogP contribution in [-0.2, 0) is 13.6 Å². The fourth-order valence-corrected chi connectivity index (χ4v) is 3.54. The van der Waals surface area contributed by atoms with Crippen LogP contribution in [0.2, 0.25) is 0 Å². The summed E-state index contributed by atoms with van der Waals surface area (Å²) in [7, 11) is 1.82. The average Bonchev–Trinajstić information content (AvgIpc) is 3.03. The van der Waals surface area contributed by atoms with Crippen LogP contribution in [0.1, 0.15) is 23.9 Å². The lowest BCUT2D eigenvalue weighted by atomic mass is 10.1. The Labute approximate surface area is 166 Å². The minimum atomic E-state index is -4.42. The zero-order valence-corrected chi connectivity index (χ0v) is 16.3. The van der Waals surface area contributed by atoms with Gasteiger partial charge >= 0.3 is 6.18 Å². The van der Waals surface area contributed by atoms with Gasteiger partial charge in [-0.2, -0.15) is 13.2 Å². The highest BCUT2D eigenvalue weighted by molar-refractivity contribution is 5.67. The van der Waals surface area contributed by atoms with Gasteiger partial charge in [-0.15, -0.1) is 0 Å². The largest absolute Gasteiger partial charge is 0.431 e. The van der Waals surface area contributed by atoms with Crippen molar-refractivity contribution in [1.82, 2.24) is 24.4 Å². The topological polar surface area (TPSA) is 46.8 Å². The molecule has 5 nitrogen and oxygen atoms in total. The third-order valence-electron chi connectivity index (χ3n) is 5.16. The van der Waals surface area contributed by atoms with Crippen molar-refractivity contribution in [3.05, 3.63) is 59.3 Å². The third-order valence-corrected chi connectivity index (χ3v) is 5.16. The van der Waals surface area contributed by atoms with Gasteiger partial charge < -0.3 is 9.47 Å². The summed E-state index contributed by atoms with van der Waals surface area (Å²) in [5.41, 5.74) is 3.65. The number of hydrogen-bond acceptors (Lipinski definition) is 4. The van der Waals surface area contributed by atoms with Crippen LogP contribution in [0.25, 0.3) is 28.9 Å². The highest BCUT2D eigenvalue weighted by Crippen LogP contribution is 2.37. The molecule has 3 aromatic rings. The zero-order valence-electron chi connectivity index (χ0n) is 16.3. The quantitative estimate of drug-likeness (QED) is 0.646. The predicted molar refractivity (Wildman–Crippen MR) is 105 cm³/mol. The predicted octanol–water partition coefficient (Wildman–Crippen LogP) is 4.59. The van der Waals surface area contributed by atoms with Crippen molar-refractivity contribution in [3.63, 3.8) is 0 Å². The molecular weight excluding hydrogens is 379 g/mol. The van der Waals surface area contributed by atoms with E-state index in [1.807, 2.05) is 42.8 Å². The van der Waals surface area contributed by atoms with E-state index in [0.717, 1.165) is 28.6 Å². The molecule has 0 spiro atoms. The van der Waals surface area contributed by atoms with Gasteiger partial charge in [0.25, 0.3) is 0 Å². The van der Waals surface area contributed by atoms with Gasteiger partial charge in [-0.05, 0) is 43.7 Å². The number of halogens is 3. The molecule has 0 saturated heterocycles. The van der Waals surface area contributed by atoms with Gasteiger partial charge in [0.15, 0.2) is 5.82 Å². The number of imidazole rings is 1. The van der Waals surface area contributed by atoms with Gasteiger partial charge in [0.1, 0.15) is 11.4 Å². The van der Waals surface area contributed by atoms with Crippen molar-refractivity contribution in [1.29, 1.82) is 0 Å². The van der Waals surface area contributed by atoms with Crippen LogP contribution in [0.3, 0.4) is 0 Å². The van der Waals surface area contributed by atoms with Gasteiger partial charge in [0, 0.05) is 31.5 Å². The maximum Gasteiger partial charge on any atom is 0.431 e. The van der Waals surface area contributed by atoms with Crippen LogP contribution in [-0.4, -0.2) is 37.1 Å². The third kappa shape index (κ3) is 3.39. The minimum absolute atomic E-state index is 0.157. The van der Waals surface area contributed by atoms with Crippen LogP contribution in [0.15, 0.2) is 42.4 Å². The Balaban J connectivity index is 1.83. The SMILES string of the molecule is CCN1Cc2c(nc(-c3nc(-c4ccncc4)ccc3C)n2C)C=C1C(F)(F)F. The number of allylic oxidation sites excluding steroid dienone is 1. The van der Waals surface area contributed by atoms with Crippen LogP contribution in [0, 0.1) is 6.92 Å². The van der Waals surface area contributed by atoms with E-state index in [4.69, 9.17) is 4.98 Å². The van der Waals surface area contributed by atoms with E-state index in [0.29, 0.717) is 17.2 Å². The summed E-state index contributed by atoms with van der Waals surface area (Å²) < 4.78 is 42.2. The molecule has 0 saturated carbocycles. The molecule has 0 amide bonds. The van der Waals surface area contributed by atoms with E-state index < -0.39 is 11.9 Å². The number of rotatable bonds is 3. The normalized spacial score (nSPS) is 14.0. The Kier molecular flexibility index (Phi) is 4.64. The lowest BCUT2D eigenvalue weighted by Crippen LogP contribution is -2.34. The van der Waals surface area contributed by atoms with Gasteiger partial charge in [0.2, 0.25) is 0 Å². The maximum absolute atomic E-state index is 13.4. The molecule has 1 aliphatic heterocycles. The average molecular weight is 399 g/mol. The monoisotopic (exact) mass is 399 g/mol. The fourth-order valence-electron chi connectivity index (χ4n) is 3.54. The number of aryl methyl sites for hydroxylation is 1. The Hall–Kier alpha value is -3.16. The molecule has 29 heavy (non-hydrogen) atoms. The molecule has 3 aromatic heterocycles. The molecule has 8 heteroatoms. The second-order valence-electron chi connectivity index (χ2n) is 6.97. The first-order valence-corrected chi connectivity index (χ1v) is 9.27. The molecule has 0 radical (unpaired) electrons. The van der Waals surface area contributed by atoms with E-state index in [-0.39, 0.29) is 13.1 Å².